The van der Waals surface area contributed by atoms with Crippen LogP contribution in [0.15, 0.2) is 0 Å². The molecule has 2 heterocycles. The number of rotatable bonds is 3. The van der Waals surface area contributed by atoms with Gasteiger partial charge >= 0.3 is 6.01 Å². The molecule has 19 heavy (non-hydrogen) atoms. The van der Waals surface area contributed by atoms with E-state index in [1.807, 2.05) is 0 Å². The maximum absolute atomic E-state index is 5.40. The van der Waals surface area contributed by atoms with Crippen molar-refractivity contribution < 1.29 is 4.74 Å². The van der Waals surface area contributed by atoms with Crippen molar-refractivity contribution in [3.05, 3.63) is 0 Å². The van der Waals surface area contributed by atoms with E-state index >= 15 is 0 Å². The van der Waals surface area contributed by atoms with Crippen LogP contribution in [0.25, 0.3) is 0 Å². The Balaban J connectivity index is 1.88. The van der Waals surface area contributed by atoms with Crippen molar-refractivity contribution in [3.8, 4) is 6.01 Å². The molecule has 2 fully saturated rings. The minimum absolute atomic E-state index is 0.303. The average molecular weight is 264 g/mol. The molecule has 104 valence electrons. The number of nitrogens with zero attached hydrogens (tertiary/aromatic N) is 4. The van der Waals surface area contributed by atoms with Crippen molar-refractivity contribution in [3.63, 3.8) is 0 Å². The van der Waals surface area contributed by atoms with Crippen molar-refractivity contribution in [2.24, 2.45) is 11.8 Å². The third-order valence-corrected chi connectivity index (χ3v) is 4.18. The van der Waals surface area contributed by atoms with E-state index in [0.717, 1.165) is 12.5 Å². The van der Waals surface area contributed by atoms with Crippen LogP contribution in [0, 0.1) is 5.92 Å². The number of nitrogens with one attached hydrogen (secondary N) is 1. The molecule has 0 bridgehead atoms. The van der Waals surface area contributed by atoms with Crippen LogP contribution >= 0.6 is 0 Å². The van der Waals surface area contributed by atoms with E-state index in [4.69, 9.17) is 10.6 Å². The monoisotopic (exact) mass is 264 g/mol. The lowest BCUT2D eigenvalue weighted by Crippen LogP contribution is -2.36. The van der Waals surface area contributed by atoms with Gasteiger partial charge in [-0.2, -0.15) is 15.0 Å². The zero-order valence-corrected chi connectivity index (χ0v) is 11.2. The normalized spacial score (nSPS) is 26.1. The highest BCUT2D eigenvalue weighted by atomic mass is 16.5. The molecular formula is C12H20N6O. The Bertz CT molecular complexity index is 432. The minimum Gasteiger partial charge on any atom is -0.467 e. The summed E-state index contributed by atoms with van der Waals surface area (Å²) in [5.41, 5.74) is 2.47. The molecule has 7 nitrogen and oxygen atoms in total. The fraction of sp³-hybridized carbons (Fsp3) is 0.750. The van der Waals surface area contributed by atoms with E-state index in [1.165, 1.54) is 32.1 Å². The maximum Gasteiger partial charge on any atom is 0.322 e. The number of nitrogen functional groups attached to an aromatic ring is 1. The maximum atomic E-state index is 5.40. The van der Waals surface area contributed by atoms with Gasteiger partial charge in [0, 0.05) is 12.6 Å². The van der Waals surface area contributed by atoms with Crippen LogP contribution in [-0.4, -0.2) is 34.6 Å². The lowest BCUT2D eigenvalue weighted by molar-refractivity contribution is 0.339. The van der Waals surface area contributed by atoms with Gasteiger partial charge in [0.15, 0.2) is 0 Å². The summed E-state index contributed by atoms with van der Waals surface area (Å²) in [5, 5.41) is 0. The van der Waals surface area contributed by atoms with E-state index in [9.17, 15) is 0 Å². The lowest BCUT2D eigenvalue weighted by Gasteiger charge is -2.31. The standard InChI is InChI=1S/C12H20N6O/c1-19-12-15-10(17-13)14-11(16-12)18-7-6-8-4-2-3-5-9(8)18/h8-9H,2-7,13H2,1H3,(H,14,15,16,17). The highest BCUT2D eigenvalue weighted by Gasteiger charge is 2.37. The Morgan fingerprint density at radius 1 is 1.21 bits per heavy atom. The summed E-state index contributed by atoms with van der Waals surface area (Å²) in [6.45, 7) is 1.01. The third-order valence-electron chi connectivity index (χ3n) is 4.18. The molecule has 0 radical (unpaired) electrons. The zero-order chi connectivity index (χ0) is 13.2. The SMILES string of the molecule is COc1nc(NN)nc(N2CCC3CCCCC32)n1. The summed E-state index contributed by atoms with van der Waals surface area (Å²) >= 11 is 0. The number of hydrogen-bond donors (Lipinski definition) is 2. The summed E-state index contributed by atoms with van der Waals surface area (Å²) in [6, 6.07) is 0.865. The highest BCUT2D eigenvalue weighted by molar-refractivity contribution is 5.40. The summed E-state index contributed by atoms with van der Waals surface area (Å²) in [7, 11) is 1.55. The van der Waals surface area contributed by atoms with Crippen LogP contribution in [0.2, 0.25) is 0 Å². The van der Waals surface area contributed by atoms with E-state index in [1.54, 1.807) is 7.11 Å². The molecule has 1 aliphatic carbocycles. The van der Waals surface area contributed by atoms with Crippen molar-refractivity contribution in [1.82, 2.24) is 15.0 Å². The van der Waals surface area contributed by atoms with Crippen LogP contribution < -0.4 is 20.9 Å². The van der Waals surface area contributed by atoms with Gasteiger partial charge in [0.05, 0.1) is 7.11 Å². The second-order valence-electron chi connectivity index (χ2n) is 5.18. The van der Waals surface area contributed by atoms with Gasteiger partial charge in [0.1, 0.15) is 0 Å². The van der Waals surface area contributed by atoms with Crippen LogP contribution in [0.5, 0.6) is 6.01 Å². The number of anilines is 2. The Hall–Kier alpha value is -1.63. The van der Waals surface area contributed by atoms with E-state index in [2.05, 4.69) is 25.3 Å². The fourth-order valence-electron chi connectivity index (χ4n) is 3.28. The van der Waals surface area contributed by atoms with Gasteiger partial charge in [-0.3, -0.25) is 5.43 Å². The number of hydrazine groups is 1. The van der Waals surface area contributed by atoms with Crippen LogP contribution in [0.4, 0.5) is 11.9 Å². The Kier molecular flexibility index (Phi) is 3.37. The van der Waals surface area contributed by atoms with Gasteiger partial charge in [-0.1, -0.05) is 12.8 Å². The summed E-state index contributed by atoms with van der Waals surface area (Å²) in [4.78, 5) is 15.0. The average Bonchev–Trinajstić information content (AvgIpc) is 2.90. The summed E-state index contributed by atoms with van der Waals surface area (Å²) in [6.07, 6.45) is 6.42. The number of aromatic nitrogens is 3. The van der Waals surface area contributed by atoms with Crippen molar-refractivity contribution in [2.45, 2.75) is 38.1 Å². The number of methoxy groups -OCH3 is 1. The van der Waals surface area contributed by atoms with Crippen LogP contribution in [0.1, 0.15) is 32.1 Å². The largest absolute Gasteiger partial charge is 0.467 e. The number of ether oxygens (including phenoxy) is 1. The van der Waals surface area contributed by atoms with E-state index in [0.29, 0.717) is 23.9 Å². The second-order valence-corrected chi connectivity index (χ2v) is 5.18. The van der Waals surface area contributed by atoms with Crippen molar-refractivity contribution in [2.75, 3.05) is 24.0 Å². The third kappa shape index (κ3) is 2.30. The molecule has 0 amide bonds. The molecule has 1 aromatic heterocycles. The Labute approximate surface area is 112 Å². The fourth-order valence-corrected chi connectivity index (χ4v) is 3.28. The molecule has 3 rings (SSSR count). The van der Waals surface area contributed by atoms with Crippen molar-refractivity contribution in [1.29, 1.82) is 0 Å². The molecule has 0 spiro atoms. The second kappa shape index (κ2) is 5.16. The lowest BCUT2D eigenvalue weighted by atomic mass is 9.85. The first kappa shape index (κ1) is 12.4. The molecule has 2 aliphatic rings. The van der Waals surface area contributed by atoms with Gasteiger partial charge in [0.25, 0.3) is 0 Å². The number of hydrogen-bond acceptors (Lipinski definition) is 7. The van der Waals surface area contributed by atoms with E-state index in [-0.39, 0.29) is 0 Å². The first-order chi connectivity index (χ1) is 9.31. The quantitative estimate of drug-likeness (QED) is 0.620. The van der Waals surface area contributed by atoms with Gasteiger partial charge in [-0.15, -0.1) is 0 Å². The first-order valence-electron chi connectivity index (χ1n) is 6.85. The molecule has 3 N–H and O–H groups in total. The molecular weight excluding hydrogens is 244 g/mol. The van der Waals surface area contributed by atoms with E-state index < -0.39 is 0 Å². The van der Waals surface area contributed by atoms with Gasteiger partial charge in [-0.25, -0.2) is 5.84 Å². The Morgan fingerprint density at radius 3 is 2.84 bits per heavy atom. The number of nitrogens with two attached hydrogens (primary N) is 1. The molecule has 0 aromatic carbocycles. The van der Waals surface area contributed by atoms with Gasteiger partial charge < -0.3 is 9.64 Å². The highest BCUT2D eigenvalue weighted by Crippen LogP contribution is 2.37. The molecule has 2 unspecified atom stereocenters. The van der Waals surface area contributed by atoms with Gasteiger partial charge in [0.2, 0.25) is 11.9 Å². The summed E-state index contributed by atoms with van der Waals surface area (Å²) in [5.74, 6) is 7.20. The van der Waals surface area contributed by atoms with Crippen LogP contribution in [0.3, 0.4) is 0 Å². The van der Waals surface area contributed by atoms with Crippen molar-refractivity contribution >= 4 is 11.9 Å². The predicted octanol–water partition coefficient (Wildman–Crippen LogP) is 0.935. The molecule has 1 saturated heterocycles. The zero-order valence-electron chi connectivity index (χ0n) is 11.2. The first-order valence-corrected chi connectivity index (χ1v) is 6.85. The summed E-state index contributed by atoms with van der Waals surface area (Å²) < 4.78 is 5.11. The topological polar surface area (TPSA) is 89.2 Å². The number of fused-ring (bicyclic) bond motifs is 1. The smallest absolute Gasteiger partial charge is 0.322 e. The Morgan fingerprint density at radius 2 is 2.05 bits per heavy atom. The van der Waals surface area contributed by atoms with Gasteiger partial charge in [-0.05, 0) is 25.2 Å². The predicted molar refractivity (Wildman–Crippen MR) is 71.9 cm³/mol. The molecule has 1 aliphatic heterocycles. The molecule has 7 heteroatoms. The molecule has 2 atom stereocenters. The minimum atomic E-state index is 0.303. The molecule has 1 aromatic rings. The van der Waals surface area contributed by atoms with Crippen LogP contribution in [-0.2, 0) is 0 Å². The molecule has 1 saturated carbocycles.